The fraction of sp³-hybridized carbons (Fsp3) is 1.00. The van der Waals surface area contributed by atoms with E-state index in [1.807, 2.05) is 18.7 Å². The van der Waals surface area contributed by atoms with Crippen molar-refractivity contribution in [3.05, 3.63) is 0 Å². The van der Waals surface area contributed by atoms with Crippen molar-refractivity contribution in [3.63, 3.8) is 0 Å². The standard InChI is InChI=1S/C10H23NOS/c1-5-10(12)7-11(4)9(3)8-13-6-2/h9-10,12H,5-8H2,1-4H3/t9-,10-/m1/s1. The van der Waals surface area contributed by atoms with Gasteiger partial charge < -0.3 is 10.0 Å². The minimum absolute atomic E-state index is 0.168. The zero-order chi connectivity index (χ0) is 10.3. The molecule has 0 bridgehead atoms. The molecular weight excluding hydrogens is 182 g/mol. The maximum atomic E-state index is 9.45. The summed E-state index contributed by atoms with van der Waals surface area (Å²) in [6.45, 7) is 7.20. The first-order chi connectivity index (χ1) is 6.11. The largest absolute Gasteiger partial charge is 0.392 e. The minimum atomic E-state index is -0.168. The Balaban J connectivity index is 3.61. The molecule has 0 rings (SSSR count). The van der Waals surface area contributed by atoms with Crippen LogP contribution in [0.4, 0.5) is 0 Å². The quantitative estimate of drug-likeness (QED) is 0.686. The zero-order valence-corrected chi connectivity index (χ0v) is 10.1. The number of likely N-dealkylation sites (N-methyl/N-ethyl adjacent to an activating group) is 1. The average Bonchev–Trinajstić information content (AvgIpc) is 2.13. The third-order valence-electron chi connectivity index (χ3n) is 2.29. The Hall–Kier alpha value is 0.270. The number of hydrogen-bond acceptors (Lipinski definition) is 3. The molecule has 0 unspecified atom stereocenters. The van der Waals surface area contributed by atoms with Gasteiger partial charge in [0.05, 0.1) is 6.10 Å². The van der Waals surface area contributed by atoms with Crippen LogP contribution in [-0.2, 0) is 0 Å². The van der Waals surface area contributed by atoms with Crippen LogP contribution in [0.5, 0.6) is 0 Å². The minimum Gasteiger partial charge on any atom is -0.392 e. The van der Waals surface area contributed by atoms with Crippen LogP contribution < -0.4 is 0 Å². The molecule has 0 radical (unpaired) electrons. The molecule has 0 aromatic heterocycles. The van der Waals surface area contributed by atoms with Crippen molar-refractivity contribution in [2.24, 2.45) is 0 Å². The lowest BCUT2D eigenvalue weighted by Gasteiger charge is -2.26. The summed E-state index contributed by atoms with van der Waals surface area (Å²) in [6.07, 6.45) is 0.678. The van der Waals surface area contributed by atoms with Gasteiger partial charge in [-0.25, -0.2) is 0 Å². The second-order valence-corrected chi connectivity index (χ2v) is 4.83. The summed E-state index contributed by atoms with van der Waals surface area (Å²) in [4.78, 5) is 2.23. The summed E-state index contributed by atoms with van der Waals surface area (Å²) in [7, 11) is 2.08. The maximum Gasteiger partial charge on any atom is 0.0664 e. The van der Waals surface area contributed by atoms with Gasteiger partial charge in [0.2, 0.25) is 0 Å². The van der Waals surface area contributed by atoms with Gasteiger partial charge in [0.25, 0.3) is 0 Å². The van der Waals surface area contributed by atoms with Gasteiger partial charge in [0.15, 0.2) is 0 Å². The molecule has 0 aromatic rings. The molecule has 13 heavy (non-hydrogen) atoms. The van der Waals surface area contributed by atoms with Crippen LogP contribution in [0.25, 0.3) is 0 Å². The van der Waals surface area contributed by atoms with Gasteiger partial charge >= 0.3 is 0 Å². The summed E-state index contributed by atoms with van der Waals surface area (Å²) >= 11 is 1.96. The van der Waals surface area contributed by atoms with Gasteiger partial charge in [0.1, 0.15) is 0 Å². The SMILES string of the molecule is CCSC[C@@H](C)N(C)C[C@H](O)CC. The average molecular weight is 205 g/mol. The topological polar surface area (TPSA) is 23.5 Å². The molecule has 0 saturated carbocycles. The third-order valence-corrected chi connectivity index (χ3v) is 3.41. The highest BCUT2D eigenvalue weighted by atomic mass is 32.2. The molecule has 1 N–H and O–H groups in total. The van der Waals surface area contributed by atoms with Crippen LogP contribution in [0.3, 0.4) is 0 Å². The van der Waals surface area contributed by atoms with Crippen LogP contribution in [0.1, 0.15) is 27.2 Å². The van der Waals surface area contributed by atoms with Gasteiger partial charge in [0, 0.05) is 18.3 Å². The molecule has 0 aliphatic carbocycles. The molecule has 0 aliphatic rings. The lowest BCUT2D eigenvalue weighted by Crippen LogP contribution is -2.37. The maximum absolute atomic E-state index is 9.45. The van der Waals surface area contributed by atoms with Crippen molar-refractivity contribution < 1.29 is 5.11 Å². The number of hydrogen-bond donors (Lipinski definition) is 1. The Kier molecular flexibility index (Phi) is 7.81. The Morgan fingerprint density at radius 2 is 2.00 bits per heavy atom. The summed E-state index contributed by atoms with van der Waals surface area (Å²) in [5, 5.41) is 9.45. The highest BCUT2D eigenvalue weighted by Gasteiger charge is 2.11. The van der Waals surface area contributed by atoms with Gasteiger partial charge in [-0.3, -0.25) is 0 Å². The van der Waals surface area contributed by atoms with Crippen LogP contribution >= 0.6 is 11.8 Å². The molecule has 0 fully saturated rings. The monoisotopic (exact) mass is 205 g/mol. The molecule has 80 valence electrons. The van der Waals surface area contributed by atoms with E-state index in [1.54, 1.807) is 0 Å². The smallest absolute Gasteiger partial charge is 0.0664 e. The highest BCUT2D eigenvalue weighted by molar-refractivity contribution is 7.99. The lowest BCUT2D eigenvalue weighted by atomic mass is 10.2. The highest BCUT2D eigenvalue weighted by Crippen LogP contribution is 2.07. The lowest BCUT2D eigenvalue weighted by molar-refractivity contribution is 0.109. The summed E-state index contributed by atoms with van der Waals surface area (Å²) in [6, 6.07) is 0.561. The molecule has 0 aromatic carbocycles. The normalized spacial score (nSPS) is 16.2. The molecule has 2 atom stereocenters. The van der Waals surface area contributed by atoms with Gasteiger partial charge in [-0.15, -0.1) is 0 Å². The molecule has 0 spiro atoms. The van der Waals surface area contributed by atoms with Crippen molar-refractivity contribution in [2.75, 3.05) is 25.1 Å². The molecule has 0 aliphatic heterocycles. The molecular formula is C10H23NOS. The Bertz CT molecular complexity index is 121. The number of rotatable bonds is 7. The van der Waals surface area contributed by atoms with Crippen molar-refractivity contribution in [1.82, 2.24) is 4.90 Å². The second-order valence-electron chi connectivity index (χ2n) is 3.51. The number of aliphatic hydroxyl groups excluding tert-OH is 1. The van der Waals surface area contributed by atoms with E-state index in [0.717, 1.165) is 18.7 Å². The molecule has 0 saturated heterocycles. The van der Waals surface area contributed by atoms with Gasteiger partial charge in [-0.2, -0.15) is 11.8 Å². The van der Waals surface area contributed by atoms with Crippen molar-refractivity contribution >= 4 is 11.8 Å². The van der Waals surface area contributed by atoms with E-state index in [2.05, 4.69) is 25.8 Å². The van der Waals surface area contributed by atoms with Crippen molar-refractivity contribution in [3.8, 4) is 0 Å². The van der Waals surface area contributed by atoms with E-state index >= 15 is 0 Å². The van der Waals surface area contributed by atoms with Gasteiger partial charge in [-0.05, 0) is 26.1 Å². The molecule has 3 heteroatoms. The zero-order valence-electron chi connectivity index (χ0n) is 9.29. The van der Waals surface area contributed by atoms with Crippen molar-refractivity contribution in [2.45, 2.75) is 39.3 Å². The Morgan fingerprint density at radius 1 is 1.38 bits per heavy atom. The van der Waals surface area contributed by atoms with Crippen LogP contribution in [0.2, 0.25) is 0 Å². The molecule has 0 amide bonds. The fourth-order valence-corrected chi connectivity index (χ4v) is 1.89. The van der Waals surface area contributed by atoms with Crippen LogP contribution in [0, 0.1) is 0 Å². The van der Waals surface area contributed by atoms with Crippen LogP contribution in [0.15, 0.2) is 0 Å². The number of nitrogens with zero attached hydrogens (tertiary/aromatic N) is 1. The van der Waals surface area contributed by atoms with Gasteiger partial charge in [-0.1, -0.05) is 13.8 Å². The number of aliphatic hydroxyl groups is 1. The molecule has 2 nitrogen and oxygen atoms in total. The summed E-state index contributed by atoms with van der Waals surface area (Å²) in [5.41, 5.74) is 0. The molecule has 0 heterocycles. The summed E-state index contributed by atoms with van der Waals surface area (Å²) in [5.74, 6) is 2.33. The number of thioether (sulfide) groups is 1. The second kappa shape index (κ2) is 7.65. The first-order valence-electron chi connectivity index (χ1n) is 5.07. The van der Waals surface area contributed by atoms with Crippen molar-refractivity contribution in [1.29, 1.82) is 0 Å². The van der Waals surface area contributed by atoms with E-state index < -0.39 is 0 Å². The van der Waals surface area contributed by atoms with Crippen LogP contribution in [-0.4, -0.2) is 47.3 Å². The third kappa shape index (κ3) is 6.36. The van der Waals surface area contributed by atoms with E-state index in [9.17, 15) is 5.11 Å². The van der Waals surface area contributed by atoms with E-state index in [0.29, 0.717) is 6.04 Å². The Labute approximate surface area is 86.7 Å². The predicted molar refractivity (Wildman–Crippen MR) is 61.4 cm³/mol. The summed E-state index contributed by atoms with van der Waals surface area (Å²) < 4.78 is 0. The Morgan fingerprint density at radius 3 is 2.46 bits per heavy atom. The van der Waals surface area contributed by atoms with E-state index in [1.165, 1.54) is 5.75 Å². The fourth-order valence-electron chi connectivity index (χ4n) is 1.06. The first-order valence-corrected chi connectivity index (χ1v) is 6.23. The first kappa shape index (κ1) is 13.3. The van der Waals surface area contributed by atoms with E-state index in [-0.39, 0.29) is 6.10 Å². The predicted octanol–water partition coefficient (Wildman–Crippen LogP) is 1.83. The van der Waals surface area contributed by atoms with E-state index in [4.69, 9.17) is 0 Å².